The van der Waals surface area contributed by atoms with Gasteiger partial charge in [-0.15, -0.1) is 0 Å². The minimum Gasteiger partial charge on any atom is -0.465 e. The average Bonchev–Trinajstić information content (AvgIpc) is 2.62. The summed E-state index contributed by atoms with van der Waals surface area (Å²) in [6, 6.07) is 3.01. The molecule has 0 saturated carbocycles. The van der Waals surface area contributed by atoms with Gasteiger partial charge >= 0.3 is 5.97 Å². The molecule has 7 heteroatoms. The Bertz CT molecular complexity index is 711. The van der Waals surface area contributed by atoms with Crippen molar-refractivity contribution in [2.45, 2.75) is 6.92 Å². The Balaban J connectivity index is 2.05. The number of piperazine rings is 1. The molecule has 1 unspecified atom stereocenters. The number of carbonyl (C=O) groups excluding carboxylic acids is 2. The van der Waals surface area contributed by atoms with Crippen molar-refractivity contribution in [1.29, 1.82) is 0 Å². The van der Waals surface area contributed by atoms with Crippen LogP contribution in [0.1, 0.15) is 17.3 Å². The van der Waals surface area contributed by atoms with Gasteiger partial charge < -0.3 is 15.0 Å². The van der Waals surface area contributed by atoms with E-state index < -0.39 is 17.6 Å². The predicted octanol–water partition coefficient (Wildman–Crippen LogP) is -1.00. The number of anilines is 1. The second-order valence-electron chi connectivity index (χ2n) is 5.96. The molecular formula is C17H22FN3O3+2. The third-order valence-corrected chi connectivity index (χ3v) is 4.57. The minimum atomic E-state index is -0.687. The Hall–Kier alpha value is -2.25. The van der Waals surface area contributed by atoms with Crippen molar-refractivity contribution in [3.05, 3.63) is 35.3 Å². The summed E-state index contributed by atoms with van der Waals surface area (Å²) in [4.78, 5) is 27.2. The number of rotatable bonds is 3. The maximum atomic E-state index is 14.6. The van der Waals surface area contributed by atoms with Crippen LogP contribution >= 0.6 is 0 Å². The summed E-state index contributed by atoms with van der Waals surface area (Å²) in [6.45, 7) is 5.97. The molecule has 3 rings (SSSR count). The van der Waals surface area contributed by atoms with Crippen LogP contribution in [0.25, 0.3) is 0 Å². The van der Waals surface area contributed by atoms with Crippen LogP contribution in [0.3, 0.4) is 0 Å². The summed E-state index contributed by atoms with van der Waals surface area (Å²) in [5.41, 5.74) is 1.43. The number of ether oxygens (including phenoxy) is 1. The number of carbonyl (C=O) groups is 2. The van der Waals surface area contributed by atoms with E-state index in [0.717, 1.165) is 31.1 Å². The van der Waals surface area contributed by atoms with Gasteiger partial charge in [0.15, 0.2) is 5.57 Å². The molecule has 0 bridgehead atoms. The smallest absolute Gasteiger partial charge is 0.347 e. The Morgan fingerprint density at radius 3 is 2.71 bits per heavy atom. The molecule has 2 heterocycles. The zero-order valence-corrected chi connectivity index (χ0v) is 13.9. The minimum absolute atomic E-state index is 0.0402. The van der Waals surface area contributed by atoms with Gasteiger partial charge in [0.05, 0.1) is 51.1 Å². The maximum absolute atomic E-state index is 14.6. The standard InChI is InChI=1S/C17H20FN3O3/c1-3-20-10-12(17(23)24-2)16(22)11-8-13(18)15(9-14(11)20)21-6-4-19-5-7-21/h8-10,19H,3-7H2,1-2H3/p+2. The van der Waals surface area contributed by atoms with E-state index >= 15 is 0 Å². The van der Waals surface area contributed by atoms with Gasteiger partial charge in [0.1, 0.15) is 17.7 Å². The fraction of sp³-hybridized carbons (Fsp3) is 0.412. The number of Topliss-reactive ketones (excluding diaryl/α,β-unsaturated/α-hetero) is 1. The molecule has 0 spiro atoms. The number of halogens is 1. The van der Waals surface area contributed by atoms with Crippen molar-refractivity contribution in [3.63, 3.8) is 0 Å². The number of nitrogens with two attached hydrogens (primary N) is 1. The van der Waals surface area contributed by atoms with Crippen LogP contribution in [-0.2, 0) is 9.53 Å². The van der Waals surface area contributed by atoms with E-state index in [9.17, 15) is 14.0 Å². The zero-order valence-electron chi connectivity index (χ0n) is 13.9. The van der Waals surface area contributed by atoms with Gasteiger partial charge in [-0.05, 0) is 13.0 Å². The first kappa shape index (κ1) is 16.6. The van der Waals surface area contributed by atoms with Crippen LogP contribution in [0.4, 0.5) is 15.8 Å². The highest BCUT2D eigenvalue weighted by Crippen LogP contribution is 2.29. The molecule has 0 aromatic heterocycles. The lowest BCUT2D eigenvalue weighted by atomic mass is 9.97. The molecule has 1 atom stereocenters. The van der Waals surface area contributed by atoms with E-state index in [4.69, 9.17) is 0 Å². The zero-order chi connectivity index (χ0) is 17.3. The van der Waals surface area contributed by atoms with Crippen LogP contribution in [0.15, 0.2) is 23.9 Å². The SMILES string of the molecule is CC[NH+]1C=C(C(=O)OC)C(=O)c2cc(F)c(N3CC[NH2+]CC3)cc21. The van der Waals surface area contributed by atoms with Crippen LogP contribution < -0.4 is 15.1 Å². The highest BCUT2D eigenvalue weighted by atomic mass is 19.1. The van der Waals surface area contributed by atoms with Gasteiger partial charge in [-0.1, -0.05) is 0 Å². The molecule has 1 saturated heterocycles. The second kappa shape index (κ2) is 6.70. The molecule has 0 amide bonds. The number of methoxy groups -OCH3 is 1. The molecule has 0 aliphatic carbocycles. The van der Waals surface area contributed by atoms with Gasteiger partial charge in [-0.2, -0.15) is 0 Å². The first-order valence-corrected chi connectivity index (χ1v) is 8.17. The largest absolute Gasteiger partial charge is 0.465 e. The van der Waals surface area contributed by atoms with E-state index in [1.165, 1.54) is 13.2 Å². The molecule has 3 N–H and O–H groups in total. The summed E-state index contributed by atoms with van der Waals surface area (Å²) in [5.74, 6) is -1.59. The third kappa shape index (κ3) is 2.81. The van der Waals surface area contributed by atoms with Crippen molar-refractivity contribution in [2.24, 2.45) is 0 Å². The molecule has 24 heavy (non-hydrogen) atoms. The fourth-order valence-corrected chi connectivity index (χ4v) is 3.27. The molecular weight excluding hydrogens is 313 g/mol. The third-order valence-electron chi connectivity index (χ3n) is 4.57. The molecule has 0 radical (unpaired) electrons. The lowest BCUT2D eigenvalue weighted by molar-refractivity contribution is -0.773. The highest BCUT2D eigenvalue weighted by Gasteiger charge is 2.35. The van der Waals surface area contributed by atoms with E-state index in [-0.39, 0.29) is 11.1 Å². The number of quaternary nitrogens is 2. The Kier molecular flexibility index (Phi) is 4.64. The Morgan fingerprint density at radius 1 is 1.38 bits per heavy atom. The monoisotopic (exact) mass is 335 g/mol. The summed E-state index contributed by atoms with van der Waals surface area (Å²) < 4.78 is 19.3. The number of fused-ring (bicyclic) bond motifs is 1. The molecule has 1 fully saturated rings. The first-order chi connectivity index (χ1) is 11.6. The highest BCUT2D eigenvalue weighted by molar-refractivity contribution is 6.25. The van der Waals surface area contributed by atoms with Gasteiger partial charge in [-0.25, -0.2) is 9.18 Å². The topological polar surface area (TPSA) is 67.7 Å². The number of esters is 1. The first-order valence-electron chi connectivity index (χ1n) is 8.17. The Morgan fingerprint density at radius 2 is 2.08 bits per heavy atom. The van der Waals surface area contributed by atoms with Crippen molar-refractivity contribution >= 4 is 23.1 Å². The fourth-order valence-electron chi connectivity index (χ4n) is 3.27. The quantitative estimate of drug-likeness (QED) is 0.549. The molecule has 1 aromatic rings. The number of nitrogens with zero attached hydrogens (tertiary/aromatic N) is 1. The van der Waals surface area contributed by atoms with Crippen LogP contribution in [0.2, 0.25) is 0 Å². The lowest BCUT2D eigenvalue weighted by Crippen LogP contribution is -3.03. The van der Waals surface area contributed by atoms with Crippen LogP contribution in [0.5, 0.6) is 0 Å². The summed E-state index contributed by atoms with van der Waals surface area (Å²) in [5, 5.41) is 2.20. The van der Waals surface area contributed by atoms with Crippen molar-refractivity contribution in [1.82, 2.24) is 0 Å². The van der Waals surface area contributed by atoms with E-state index in [1.807, 2.05) is 11.8 Å². The Labute approximate surface area is 139 Å². The lowest BCUT2D eigenvalue weighted by Gasteiger charge is -2.29. The molecule has 1 aromatic carbocycles. The summed E-state index contributed by atoms with van der Waals surface area (Å²) >= 11 is 0. The summed E-state index contributed by atoms with van der Waals surface area (Å²) in [7, 11) is 1.23. The number of nitrogens with one attached hydrogen (secondary N) is 1. The number of benzene rings is 1. The van der Waals surface area contributed by atoms with E-state index in [1.54, 1.807) is 12.3 Å². The number of ketones is 1. The molecule has 6 nitrogen and oxygen atoms in total. The van der Waals surface area contributed by atoms with Crippen molar-refractivity contribution in [3.8, 4) is 0 Å². The maximum Gasteiger partial charge on any atom is 0.347 e. The average molecular weight is 335 g/mol. The van der Waals surface area contributed by atoms with Gasteiger partial charge in [0.2, 0.25) is 5.78 Å². The van der Waals surface area contributed by atoms with Crippen molar-refractivity contribution in [2.75, 3.05) is 44.7 Å². The predicted molar refractivity (Wildman–Crippen MR) is 85.9 cm³/mol. The van der Waals surface area contributed by atoms with Crippen molar-refractivity contribution < 1.29 is 28.9 Å². The molecule has 2 aliphatic heterocycles. The normalized spacial score (nSPS) is 20.5. The van der Waals surface area contributed by atoms with E-state index in [2.05, 4.69) is 10.1 Å². The summed E-state index contributed by atoms with van der Waals surface area (Å²) in [6.07, 6.45) is 1.57. The van der Waals surface area contributed by atoms with Gasteiger partial charge in [-0.3, -0.25) is 9.69 Å². The second-order valence-corrected chi connectivity index (χ2v) is 5.96. The van der Waals surface area contributed by atoms with Gasteiger partial charge in [0, 0.05) is 6.07 Å². The molecule has 128 valence electrons. The number of hydrogen-bond acceptors (Lipinski definition) is 4. The van der Waals surface area contributed by atoms with E-state index in [0.29, 0.717) is 17.9 Å². The van der Waals surface area contributed by atoms with Crippen LogP contribution in [-0.4, -0.2) is 51.6 Å². The molecule has 2 aliphatic rings. The van der Waals surface area contributed by atoms with Gasteiger partial charge in [0.25, 0.3) is 0 Å². The van der Waals surface area contributed by atoms with Crippen LogP contribution in [0, 0.1) is 5.82 Å². The number of hydrogen-bond donors (Lipinski definition) is 2.